The van der Waals surface area contributed by atoms with Crippen LogP contribution in [0.4, 0.5) is 0 Å². The number of nitrogens with zero attached hydrogens (tertiary/aromatic N) is 2. The Bertz CT molecular complexity index is 551. The Labute approximate surface area is 144 Å². The van der Waals surface area contributed by atoms with Crippen LogP contribution >= 0.6 is 0 Å². The monoisotopic (exact) mass is 331 g/mol. The summed E-state index contributed by atoms with van der Waals surface area (Å²) in [7, 11) is 2.11. The molecule has 1 heterocycles. The zero-order valence-electron chi connectivity index (χ0n) is 14.7. The van der Waals surface area contributed by atoms with E-state index in [1.165, 1.54) is 0 Å². The maximum atomic E-state index is 12.5. The lowest BCUT2D eigenvalue weighted by Crippen LogP contribution is -2.53. The predicted molar refractivity (Wildman–Crippen MR) is 94.6 cm³/mol. The Morgan fingerprint density at radius 2 is 1.83 bits per heavy atom. The number of benzene rings is 1. The van der Waals surface area contributed by atoms with Crippen molar-refractivity contribution in [1.82, 2.24) is 15.1 Å². The number of likely N-dealkylation sites (N-methyl/N-ethyl adjacent to an activating group) is 1. The van der Waals surface area contributed by atoms with Crippen LogP contribution in [0.5, 0.6) is 0 Å². The highest BCUT2D eigenvalue weighted by Gasteiger charge is 2.49. The lowest BCUT2D eigenvalue weighted by Gasteiger charge is -2.36. The highest BCUT2D eigenvalue weighted by atomic mass is 16.3. The van der Waals surface area contributed by atoms with Gasteiger partial charge in [0.25, 0.3) is 0 Å². The molecule has 3 rings (SSSR count). The fourth-order valence-corrected chi connectivity index (χ4v) is 3.48. The number of nitrogens with one attached hydrogen (secondary N) is 1. The molecule has 5 heteroatoms. The Balaban J connectivity index is 1.52. The number of aliphatic hydroxyl groups excluding tert-OH is 1. The van der Waals surface area contributed by atoms with Gasteiger partial charge in [-0.15, -0.1) is 0 Å². The van der Waals surface area contributed by atoms with Gasteiger partial charge in [0.05, 0.1) is 12.1 Å². The first-order chi connectivity index (χ1) is 11.5. The predicted octanol–water partition coefficient (Wildman–Crippen LogP) is 1.25. The molecule has 2 N–H and O–H groups in total. The number of piperazine rings is 1. The zero-order chi connectivity index (χ0) is 17.2. The summed E-state index contributed by atoms with van der Waals surface area (Å²) in [6.07, 6.45) is 1.43. The molecule has 1 saturated heterocycles. The molecule has 2 atom stereocenters. The average molecular weight is 331 g/mol. The standard InChI is InChI=1S/C19H29N3O2/c1-15(22-12-10-21(2)11-13-22)18(24)20-14-19(8-9-19)17(23)16-6-4-3-5-7-16/h3-7,15,17,23H,8-14H2,1-2H3,(H,20,24)/t15-,17+/m1/s1. The summed E-state index contributed by atoms with van der Waals surface area (Å²) in [6, 6.07) is 9.66. The van der Waals surface area contributed by atoms with Gasteiger partial charge in [-0.1, -0.05) is 30.3 Å². The van der Waals surface area contributed by atoms with Crippen LogP contribution in [0.25, 0.3) is 0 Å². The second-order valence-corrected chi connectivity index (χ2v) is 7.41. The van der Waals surface area contributed by atoms with Gasteiger partial charge >= 0.3 is 0 Å². The normalized spacial score (nSPS) is 23.5. The van der Waals surface area contributed by atoms with Crippen LogP contribution in [0.2, 0.25) is 0 Å². The molecule has 0 radical (unpaired) electrons. The largest absolute Gasteiger partial charge is 0.388 e. The Morgan fingerprint density at radius 1 is 1.21 bits per heavy atom. The van der Waals surface area contributed by atoms with E-state index < -0.39 is 6.10 Å². The van der Waals surface area contributed by atoms with Crippen molar-refractivity contribution in [2.24, 2.45) is 5.41 Å². The number of carbonyl (C=O) groups is 1. The van der Waals surface area contributed by atoms with Crippen LogP contribution in [-0.4, -0.2) is 66.6 Å². The smallest absolute Gasteiger partial charge is 0.237 e. The van der Waals surface area contributed by atoms with E-state index in [4.69, 9.17) is 0 Å². The average Bonchev–Trinajstić information content (AvgIpc) is 3.41. The Kier molecular flexibility index (Phi) is 5.23. The molecule has 2 aliphatic rings. The van der Waals surface area contributed by atoms with Crippen molar-refractivity contribution in [2.45, 2.75) is 31.9 Å². The molecular formula is C19H29N3O2. The first-order valence-corrected chi connectivity index (χ1v) is 8.95. The van der Waals surface area contributed by atoms with E-state index in [0.29, 0.717) is 6.54 Å². The summed E-state index contributed by atoms with van der Waals surface area (Å²) in [4.78, 5) is 17.0. The lowest BCUT2D eigenvalue weighted by atomic mass is 9.92. The Morgan fingerprint density at radius 3 is 2.42 bits per heavy atom. The van der Waals surface area contributed by atoms with Gasteiger partial charge in [-0.05, 0) is 32.4 Å². The van der Waals surface area contributed by atoms with E-state index in [1.807, 2.05) is 37.3 Å². The van der Waals surface area contributed by atoms with Crippen molar-refractivity contribution in [2.75, 3.05) is 39.8 Å². The van der Waals surface area contributed by atoms with Crippen molar-refractivity contribution in [3.63, 3.8) is 0 Å². The van der Waals surface area contributed by atoms with Gasteiger partial charge in [-0.25, -0.2) is 0 Å². The van der Waals surface area contributed by atoms with Crippen LogP contribution in [0, 0.1) is 5.41 Å². The summed E-state index contributed by atoms with van der Waals surface area (Å²) < 4.78 is 0. The van der Waals surface area contributed by atoms with Crippen molar-refractivity contribution in [3.05, 3.63) is 35.9 Å². The van der Waals surface area contributed by atoms with Crippen LogP contribution in [0.1, 0.15) is 31.4 Å². The van der Waals surface area contributed by atoms with Crippen molar-refractivity contribution in [1.29, 1.82) is 0 Å². The maximum absolute atomic E-state index is 12.5. The molecule has 0 bridgehead atoms. The molecular weight excluding hydrogens is 302 g/mol. The summed E-state index contributed by atoms with van der Waals surface area (Å²) in [5.74, 6) is 0.0751. The molecule has 0 spiro atoms. The first kappa shape index (κ1) is 17.4. The third-order valence-electron chi connectivity index (χ3n) is 5.67. The van der Waals surface area contributed by atoms with Crippen LogP contribution in [-0.2, 0) is 4.79 Å². The molecule has 1 amide bonds. The van der Waals surface area contributed by atoms with Crippen molar-refractivity contribution in [3.8, 4) is 0 Å². The lowest BCUT2D eigenvalue weighted by molar-refractivity contribution is -0.127. The Hall–Kier alpha value is -1.43. The number of amides is 1. The van der Waals surface area contributed by atoms with Gasteiger partial charge in [0.15, 0.2) is 0 Å². The number of hydrogen-bond acceptors (Lipinski definition) is 4. The molecule has 132 valence electrons. The van der Waals surface area contributed by atoms with Gasteiger partial charge in [0.1, 0.15) is 0 Å². The van der Waals surface area contributed by atoms with E-state index in [-0.39, 0.29) is 17.4 Å². The molecule has 2 fully saturated rings. The summed E-state index contributed by atoms with van der Waals surface area (Å²) in [5, 5.41) is 13.8. The summed E-state index contributed by atoms with van der Waals surface area (Å²) in [5.41, 5.74) is 0.759. The van der Waals surface area contributed by atoms with Gasteiger partial charge in [-0.3, -0.25) is 9.69 Å². The third-order valence-corrected chi connectivity index (χ3v) is 5.67. The van der Waals surface area contributed by atoms with Crippen molar-refractivity contribution < 1.29 is 9.90 Å². The molecule has 0 aromatic heterocycles. The van der Waals surface area contributed by atoms with Gasteiger partial charge in [-0.2, -0.15) is 0 Å². The van der Waals surface area contributed by atoms with Gasteiger partial charge in [0.2, 0.25) is 5.91 Å². The quantitative estimate of drug-likeness (QED) is 0.824. The highest BCUT2D eigenvalue weighted by Crippen LogP contribution is 2.54. The zero-order valence-corrected chi connectivity index (χ0v) is 14.7. The minimum Gasteiger partial charge on any atom is -0.388 e. The molecule has 1 aliphatic heterocycles. The van der Waals surface area contributed by atoms with E-state index >= 15 is 0 Å². The second-order valence-electron chi connectivity index (χ2n) is 7.41. The van der Waals surface area contributed by atoms with E-state index in [1.54, 1.807) is 0 Å². The molecule has 5 nitrogen and oxygen atoms in total. The molecule has 1 aromatic carbocycles. The maximum Gasteiger partial charge on any atom is 0.237 e. The SMILES string of the molecule is C[C@H](C(=O)NCC1([C@@H](O)c2ccccc2)CC1)N1CCN(C)CC1. The highest BCUT2D eigenvalue weighted by molar-refractivity contribution is 5.81. The van der Waals surface area contributed by atoms with E-state index in [0.717, 1.165) is 44.6 Å². The number of rotatable bonds is 6. The number of aliphatic hydroxyl groups is 1. The molecule has 1 aliphatic carbocycles. The molecule has 1 saturated carbocycles. The minimum absolute atomic E-state index is 0.0751. The van der Waals surface area contributed by atoms with Gasteiger partial charge in [0, 0.05) is 38.1 Å². The minimum atomic E-state index is -0.502. The number of hydrogen-bond donors (Lipinski definition) is 2. The van der Waals surface area contributed by atoms with E-state index in [2.05, 4.69) is 22.2 Å². The number of carbonyl (C=O) groups excluding carboxylic acids is 1. The van der Waals surface area contributed by atoms with Crippen molar-refractivity contribution >= 4 is 5.91 Å². The second kappa shape index (κ2) is 7.21. The van der Waals surface area contributed by atoms with Crippen LogP contribution < -0.4 is 5.32 Å². The molecule has 0 unspecified atom stereocenters. The molecule has 1 aromatic rings. The summed E-state index contributed by atoms with van der Waals surface area (Å²) >= 11 is 0. The first-order valence-electron chi connectivity index (χ1n) is 8.95. The molecule has 24 heavy (non-hydrogen) atoms. The topological polar surface area (TPSA) is 55.8 Å². The van der Waals surface area contributed by atoms with E-state index in [9.17, 15) is 9.90 Å². The fourth-order valence-electron chi connectivity index (χ4n) is 3.48. The summed E-state index contributed by atoms with van der Waals surface area (Å²) in [6.45, 7) is 6.42. The fraction of sp³-hybridized carbons (Fsp3) is 0.632. The third kappa shape index (κ3) is 3.79. The van der Waals surface area contributed by atoms with Gasteiger partial charge < -0.3 is 15.3 Å². The van der Waals surface area contributed by atoms with Crippen LogP contribution in [0.3, 0.4) is 0 Å². The van der Waals surface area contributed by atoms with Crippen LogP contribution in [0.15, 0.2) is 30.3 Å².